The van der Waals surface area contributed by atoms with Crippen molar-refractivity contribution in [2.75, 3.05) is 7.05 Å². The van der Waals surface area contributed by atoms with Crippen molar-refractivity contribution in [3.05, 3.63) is 72.2 Å². The molecule has 0 aliphatic rings. The number of imidazole rings is 1. The van der Waals surface area contributed by atoms with Crippen LogP contribution in [0.2, 0.25) is 0 Å². The van der Waals surface area contributed by atoms with Crippen LogP contribution in [0.1, 0.15) is 12.5 Å². The molecule has 6 heteroatoms. The Hall–Kier alpha value is -2.60. The van der Waals surface area contributed by atoms with Gasteiger partial charge in [-0.25, -0.2) is 9.37 Å². The molecule has 0 saturated carbocycles. The zero-order valence-corrected chi connectivity index (χ0v) is 16.4. The van der Waals surface area contributed by atoms with Gasteiger partial charge in [-0.3, -0.25) is 4.79 Å². The Balaban J connectivity index is 1.67. The van der Waals surface area contributed by atoms with Crippen LogP contribution in [-0.4, -0.2) is 32.7 Å². The SMILES string of the molecule is CC(Sc1ncc(-c2ccccc2)n1C)C(=O)N(C)Cc1cccc(F)c1. The number of benzene rings is 2. The van der Waals surface area contributed by atoms with E-state index in [1.54, 1.807) is 18.0 Å². The summed E-state index contributed by atoms with van der Waals surface area (Å²) >= 11 is 1.42. The number of aromatic nitrogens is 2. The summed E-state index contributed by atoms with van der Waals surface area (Å²) in [5.41, 5.74) is 2.86. The highest BCUT2D eigenvalue weighted by Gasteiger charge is 2.21. The number of thioether (sulfide) groups is 1. The van der Waals surface area contributed by atoms with E-state index in [-0.39, 0.29) is 17.0 Å². The van der Waals surface area contributed by atoms with E-state index < -0.39 is 0 Å². The quantitative estimate of drug-likeness (QED) is 0.594. The lowest BCUT2D eigenvalue weighted by Gasteiger charge is -2.21. The van der Waals surface area contributed by atoms with Crippen LogP contribution in [-0.2, 0) is 18.4 Å². The average molecular weight is 383 g/mol. The van der Waals surface area contributed by atoms with Crippen LogP contribution in [0.25, 0.3) is 11.3 Å². The van der Waals surface area contributed by atoms with Crippen molar-refractivity contribution in [1.82, 2.24) is 14.5 Å². The van der Waals surface area contributed by atoms with Crippen molar-refractivity contribution in [2.45, 2.75) is 23.9 Å². The van der Waals surface area contributed by atoms with Crippen molar-refractivity contribution in [3.8, 4) is 11.3 Å². The van der Waals surface area contributed by atoms with Gasteiger partial charge >= 0.3 is 0 Å². The van der Waals surface area contributed by atoms with E-state index in [4.69, 9.17) is 0 Å². The van der Waals surface area contributed by atoms with Crippen molar-refractivity contribution >= 4 is 17.7 Å². The largest absolute Gasteiger partial charge is 0.340 e. The van der Waals surface area contributed by atoms with Gasteiger partial charge in [0, 0.05) is 20.6 Å². The van der Waals surface area contributed by atoms with Gasteiger partial charge in [-0.15, -0.1) is 0 Å². The molecule has 4 nitrogen and oxygen atoms in total. The van der Waals surface area contributed by atoms with Gasteiger partial charge in [-0.1, -0.05) is 54.2 Å². The Kier molecular flexibility index (Phi) is 5.96. The van der Waals surface area contributed by atoms with E-state index in [1.807, 2.05) is 61.1 Å². The van der Waals surface area contributed by atoms with Gasteiger partial charge in [-0.2, -0.15) is 0 Å². The first-order valence-electron chi connectivity index (χ1n) is 8.69. The molecular formula is C21H22FN3OS. The molecule has 1 unspecified atom stereocenters. The first-order chi connectivity index (χ1) is 13.0. The Morgan fingerprint density at radius 3 is 2.67 bits per heavy atom. The molecule has 1 amide bonds. The Bertz CT molecular complexity index is 926. The molecule has 0 radical (unpaired) electrons. The molecule has 0 fully saturated rings. The summed E-state index contributed by atoms with van der Waals surface area (Å²) in [6.45, 7) is 2.24. The lowest BCUT2D eigenvalue weighted by molar-refractivity contribution is -0.129. The average Bonchev–Trinajstić information content (AvgIpc) is 3.02. The van der Waals surface area contributed by atoms with Gasteiger partial charge in [-0.05, 0) is 30.2 Å². The van der Waals surface area contributed by atoms with E-state index >= 15 is 0 Å². The van der Waals surface area contributed by atoms with Crippen LogP contribution in [0.4, 0.5) is 4.39 Å². The number of carbonyl (C=O) groups is 1. The first-order valence-corrected chi connectivity index (χ1v) is 9.57. The van der Waals surface area contributed by atoms with Crippen molar-refractivity contribution in [2.24, 2.45) is 7.05 Å². The molecule has 1 atom stereocenters. The van der Waals surface area contributed by atoms with Gasteiger partial charge in [0.15, 0.2) is 5.16 Å². The number of hydrogen-bond acceptors (Lipinski definition) is 3. The van der Waals surface area contributed by atoms with E-state index in [0.29, 0.717) is 6.54 Å². The molecule has 0 spiro atoms. The van der Waals surface area contributed by atoms with E-state index in [1.165, 1.54) is 23.9 Å². The fraction of sp³-hybridized carbons (Fsp3) is 0.238. The van der Waals surface area contributed by atoms with Gasteiger partial charge in [0.1, 0.15) is 5.82 Å². The highest BCUT2D eigenvalue weighted by atomic mass is 32.2. The zero-order chi connectivity index (χ0) is 19.4. The lowest BCUT2D eigenvalue weighted by Crippen LogP contribution is -2.33. The van der Waals surface area contributed by atoms with Gasteiger partial charge in [0.25, 0.3) is 0 Å². The van der Waals surface area contributed by atoms with Crippen molar-refractivity contribution < 1.29 is 9.18 Å². The summed E-state index contributed by atoms with van der Waals surface area (Å²) in [6, 6.07) is 16.3. The van der Waals surface area contributed by atoms with E-state index in [9.17, 15) is 9.18 Å². The third-order valence-corrected chi connectivity index (χ3v) is 5.48. The van der Waals surface area contributed by atoms with Crippen LogP contribution in [0.15, 0.2) is 66.0 Å². The molecule has 0 saturated heterocycles. The summed E-state index contributed by atoms with van der Waals surface area (Å²) in [4.78, 5) is 18.8. The second-order valence-corrected chi connectivity index (χ2v) is 7.74. The number of carbonyl (C=O) groups excluding carboxylic acids is 1. The fourth-order valence-electron chi connectivity index (χ4n) is 2.89. The smallest absolute Gasteiger partial charge is 0.235 e. The highest BCUT2D eigenvalue weighted by Crippen LogP contribution is 2.28. The van der Waals surface area contributed by atoms with Gasteiger partial charge < -0.3 is 9.47 Å². The molecule has 0 aliphatic heterocycles. The van der Waals surface area contributed by atoms with Gasteiger partial charge in [0.05, 0.1) is 17.1 Å². The zero-order valence-electron chi connectivity index (χ0n) is 15.6. The molecule has 0 bridgehead atoms. The first kappa shape index (κ1) is 19.2. The minimum absolute atomic E-state index is 0.0199. The molecule has 140 valence electrons. The Morgan fingerprint density at radius 2 is 1.96 bits per heavy atom. The number of halogens is 1. The minimum atomic E-state index is -0.298. The van der Waals surface area contributed by atoms with Crippen molar-refractivity contribution in [3.63, 3.8) is 0 Å². The molecule has 3 rings (SSSR count). The summed E-state index contributed by atoms with van der Waals surface area (Å²) < 4.78 is 15.3. The topological polar surface area (TPSA) is 38.1 Å². The van der Waals surface area contributed by atoms with Gasteiger partial charge in [0.2, 0.25) is 5.91 Å². The maximum Gasteiger partial charge on any atom is 0.235 e. The molecule has 0 aliphatic carbocycles. The Labute approximate surface area is 163 Å². The number of nitrogens with zero attached hydrogens (tertiary/aromatic N) is 3. The summed E-state index contributed by atoms with van der Waals surface area (Å²) in [5, 5.41) is 0.488. The second kappa shape index (κ2) is 8.39. The minimum Gasteiger partial charge on any atom is -0.340 e. The van der Waals surface area contributed by atoms with Crippen LogP contribution in [0.3, 0.4) is 0 Å². The van der Waals surface area contributed by atoms with E-state index in [2.05, 4.69) is 4.98 Å². The number of hydrogen-bond donors (Lipinski definition) is 0. The maximum atomic E-state index is 13.3. The summed E-state index contributed by atoms with van der Waals surface area (Å²) in [6.07, 6.45) is 1.82. The molecule has 1 heterocycles. The third kappa shape index (κ3) is 4.57. The predicted molar refractivity (Wildman–Crippen MR) is 107 cm³/mol. The maximum absolute atomic E-state index is 13.3. The molecule has 1 aromatic heterocycles. The second-order valence-electron chi connectivity index (χ2n) is 6.44. The highest BCUT2D eigenvalue weighted by molar-refractivity contribution is 8.00. The molecular weight excluding hydrogens is 361 g/mol. The number of amides is 1. The normalized spacial score (nSPS) is 12.0. The predicted octanol–water partition coefficient (Wildman–Crippen LogP) is 4.37. The summed E-state index contributed by atoms with van der Waals surface area (Å²) in [5.74, 6) is -0.314. The van der Waals surface area contributed by atoms with Crippen LogP contribution in [0.5, 0.6) is 0 Å². The molecule has 2 aromatic carbocycles. The van der Waals surface area contributed by atoms with Crippen LogP contribution in [0, 0.1) is 5.82 Å². The lowest BCUT2D eigenvalue weighted by atomic mass is 10.2. The van der Waals surface area contributed by atoms with Crippen LogP contribution < -0.4 is 0 Å². The number of rotatable bonds is 6. The van der Waals surface area contributed by atoms with E-state index in [0.717, 1.165) is 22.0 Å². The Morgan fingerprint density at radius 1 is 1.22 bits per heavy atom. The van der Waals surface area contributed by atoms with Crippen molar-refractivity contribution in [1.29, 1.82) is 0 Å². The fourth-order valence-corrected chi connectivity index (χ4v) is 3.85. The van der Waals surface area contributed by atoms with Crippen LogP contribution >= 0.6 is 11.8 Å². The standard InChI is InChI=1S/C21H22FN3OS/c1-15(20(26)24(2)14-16-8-7-11-18(22)12-16)27-21-23-13-19(25(21)3)17-9-5-4-6-10-17/h4-13,15H,14H2,1-3H3. The molecule has 0 N–H and O–H groups in total. The monoisotopic (exact) mass is 383 g/mol. The molecule has 3 aromatic rings. The molecule has 27 heavy (non-hydrogen) atoms. The third-order valence-electron chi connectivity index (χ3n) is 4.33. The summed E-state index contributed by atoms with van der Waals surface area (Å²) in [7, 11) is 3.68.